The number of rotatable bonds is 6. The van der Waals surface area contributed by atoms with Crippen molar-refractivity contribution in [3.63, 3.8) is 0 Å². The van der Waals surface area contributed by atoms with E-state index in [1.807, 2.05) is 24.3 Å². The summed E-state index contributed by atoms with van der Waals surface area (Å²) in [6, 6.07) is 13.4. The number of ether oxygens (including phenoxy) is 1. The van der Waals surface area contributed by atoms with Crippen LogP contribution in [0.15, 0.2) is 53.4 Å². The van der Waals surface area contributed by atoms with Gasteiger partial charge in [-0.2, -0.15) is 4.31 Å². The second-order valence-electron chi connectivity index (χ2n) is 7.89. The molecule has 10 heteroatoms. The lowest BCUT2D eigenvalue weighted by atomic mass is 9.93. The van der Waals surface area contributed by atoms with E-state index in [0.717, 1.165) is 11.1 Å². The molecule has 0 spiro atoms. The van der Waals surface area contributed by atoms with Crippen LogP contribution in [0.3, 0.4) is 0 Å². The molecule has 2 aliphatic heterocycles. The van der Waals surface area contributed by atoms with Gasteiger partial charge in [0.2, 0.25) is 21.8 Å². The molecule has 1 fully saturated rings. The molecule has 0 aromatic heterocycles. The Kier molecular flexibility index (Phi) is 6.56. The predicted molar refractivity (Wildman–Crippen MR) is 118 cm³/mol. The normalized spacial score (nSPS) is 19.8. The van der Waals surface area contributed by atoms with Gasteiger partial charge in [-0.25, -0.2) is 8.42 Å². The number of anilines is 1. The van der Waals surface area contributed by atoms with Gasteiger partial charge in [0.05, 0.1) is 30.7 Å². The molecule has 0 radical (unpaired) electrons. The molecule has 0 bridgehead atoms. The van der Waals surface area contributed by atoms with E-state index in [9.17, 15) is 18.0 Å². The number of benzene rings is 2. The van der Waals surface area contributed by atoms with Gasteiger partial charge in [-0.3, -0.25) is 14.5 Å². The van der Waals surface area contributed by atoms with E-state index in [1.54, 1.807) is 17.0 Å². The van der Waals surface area contributed by atoms with E-state index in [1.165, 1.54) is 16.4 Å². The summed E-state index contributed by atoms with van der Waals surface area (Å²) in [4.78, 5) is 26.6. The van der Waals surface area contributed by atoms with Gasteiger partial charge >= 0.3 is 0 Å². The number of hydrogen-bond donors (Lipinski definition) is 2. The zero-order chi connectivity index (χ0) is 22.7. The Morgan fingerprint density at radius 3 is 2.50 bits per heavy atom. The van der Waals surface area contributed by atoms with Crippen molar-refractivity contribution in [2.24, 2.45) is 5.73 Å². The first-order valence-electron chi connectivity index (χ1n) is 10.4. The Labute approximate surface area is 187 Å². The number of sulfonamides is 1. The van der Waals surface area contributed by atoms with Gasteiger partial charge in [0.15, 0.2) is 0 Å². The number of nitrogens with zero attached hydrogens (tertiary/aromatic N) is 2. The Hall–Kier alpha value is -2.79. The third kappa shape index (κ3) is 4.83. The minimum Gasteiger partial charge on any atom is -0.379 e. The SMILES string of the molecule is NC(=O)C1Cc2ccccc2CN1CC(=O)Nc1cccc(S(=O)(=O)N2CCOCC2)c1. The third-order valence-corrected chi connectivity index (χ3v) is 7.64. The first-order chi connectivity index (χ1) is 15.3. The molecule has 2 aromatic rings. The fourth-order valence-corrected chi connectivity index (χ4v) is 5.53. The van der Waals surface area contributed by atoms with E-state index in [0.29, 0.717) is 45.0 Å². The fourth-order valence-electron chi connectivity index (χ4n) is 4.08. The van der Waals surface area contributed by atoms with Crippen LogP contribution in [0, 0.1) is 0 Å². The summed E-state index contributed by atoms with van der Waals surface area (Å²) in [5.41, 5.74) is 8.06. The summed E-state index contributed by atoms with van der Waals surface area (Å²) < 4.78 is 32.4. The first kappa shape index (κ1) is 22.4. The summed E-state index contributed by atoms with van der Waals surface area (Å²) in [7, 11) is -3.67. The molecule has 9 nitrogen and oxygen atoms in total. The zero-order valence-corrected chi connectivity index (χ0v) is 18.4. The highest BCUT2D eigenvalue weighted by Crippen LogP contribution is 2.24. The van der Waals surface area contributed by atoms with Crippen molar-refractivity contribution in [1.82, 2.24) is 9.21 Å². The van der Waals surface area contributed by atoms with Crippen molar-refractivity contribution in [3.05, 3.63) is 59.7 Å². The summed E-state index contributed by atoms with van der Waals surface area (Å²) >= 11 is 0. The minimum absolute atomic E-state index is 0.0393. The third-order valence-electron chi connectivity index (χ3n) is 5.75. The molecular weight excluding hydrogens is 432 g/mol. The number of carbonyl (C=O) groups is 2. The molecule has 1 unspecified atom stereocenters. The Balaban J connectivity index is 1.46. The lowest BCUT2D eigenvalue weighted by Crippen LogP contribution is -2.50. The molecule has 0 aliphatic carbocycles. The van der Waals surface area contributed by atoms with Gasteiger partial charge in [0.1, 0.15) is 0 Å². The highest BCUT2D eigenvalue weighted by molar-refractivity contribution is 7.89. The maximum absolute atomic E-state index is 12.9. The van der Waals surface area contributed by atoms with Gasteiger partial charge in [-0.1, -0.05) is 30.3 Å². The largest absolute Gasteiger partial charge is 0.379 e. The topological polar surface area (TPSA) is 122 Å². The van der Waals surface area contributed by atoms with Crippen molar-refractivity contribution in [2.75, 3.05) is 38.2 Å². The summed E-state index contributed by atoms with van der Waals surface area (Å²) in [5.74, 6) is -0.831. The second-order valence-corrected chi connectivity index (χ2v) is 9.83. The molecule has 0 saturated carbocycles. The van der Waals surface area contributed by atoms with Crippen LogP contribution < -0.4 is 11.1 Å². The van der Waals surface area contributed by atoms with Crippen molar-refractivity contribution < 1.29 is 22.7 Å². The Morgan fingerprint density at radius 2 is 1.78 bits per heavy atom. The summed E-state index contributed by atoms with van der Waals surface area (Å²) in [6.45, 7) is 1.70. The summed E-state index contributed by atoms with van der Waals surface area (Å²) in [5, 5.41) is 2.75. The quantitative estimate of drug-likeness (QED) is 0.652. The number of primary amides is 1. The number of morpholine rings is 1. The number of amides is 2. The minimum atomic E-state index is -3.67. The van der Waals surface area contributed by atoms with E-state index < -0.39 is 22.0 Å². The van der Waals surface area contributed by atoms with Gasteiger partial charge in [-0.05, 0) is 35.7 Å². The molecule has 170 valence electrons. The standard InChI is InChI=1S/C22H26N4O5S/c23-22(28)20-12-16-4-1-2-5-17(16)14-25(20)15-21(27)24-18-6-3-7-19(13-18)32(29,30)26-8-10-31-11-9-26/h1-7,13,20H,8-12,14-15H2,(H2,23,28)(H,24,27). The lowest BCUT2D eigenvalue weighted by Gasteiger charge is -2.34. The van der Waals surface area contributed by atoms with Crippen molar-refractivity contribution in [2.45, 2.75) is 23.9 Å². The van der Waals surface area contributed by atoms with Crippen LogP contribution in [0.1, 0.15) is 11.1 Å². The van der Waals surface area contributed by atoms with Crippen LogP contribution in [-0.4, -0.2) is 68.3 Å². The molecule has 4 rings (SSSR count). The van der Waals surface area contributed by atoms with Crippen LogP contribution >= 0.6 is 0 Å². The van der Waals surface area contributed by atoms with Gasteiger partial charge in [0.25, 0.3) is 0 Å². The molecule has 1 atom stereocenters. The van der Waals surface area contributed by atoms with Gasteiger partial charge < -0.3 is 15.8 Å². The van der Waals surface area contributed by atoms with Gasteiger partial charge in [-0.15, -0.1) is 0 Å². The average Bonchev–Trinajstić information content (AvgIpc) is 2.79. The first-order valence-corrected chi connectivity index (χ1v) is 11.9. The maximum Gasteiger partial charge on any atom is 0.243 e. The monoisotopic (exact) mass is 458 g/mol. The molecule has 2 amide bonds. The van der Waals surface area contributed by atoms with Crippen LogP contribution in [0.2, 0.25) is 0 Å². The van der Waals surface area contributed by atoms with Crippen LogP contribution in [0.5, 0.6) is 0 Å². The van der Waals surface area contributed by atoms with Gasteiger partial charge in [0, 0.05) is 25.3 Å². The van der Waals surface area contributed by atoms with Crippen molar-refractivity contribution in [3.8, 4) is 0 Å². The van der Waals surface area contributed by atoms with Crippen LogP contribution in [0.4, 0.5) is 5.69 Å². The fraction of sp³-hybridized carbons (Fsp3) is 0.364. The zero-order valence-electron chi connectivity index (χ0n) is 17.6. The number of carbonyl (C=O) groups excluding carboxylic acids is 2. The van der Waals surface area contributed by atoms with Crippen LogP contribution in [-0.2, 0) is 37.3 Å². The predicted octanol–water partition coefficient (Wildman–Crippen LogP) is 0.558. The number of hydrogen-bond acceptors (Lipinski definition) is 6. The number of fused-ring (bicyclic) bond motifs is 1. The van der Waals surface area contributed by atoms with E-state index >= 15 is 0 Å². The molecule has 2 heterocycles. The second kappa shape index (κ2) is 9.37. The maximum atomic E-state index is 12.9. The summed E-state index contributed by atoms with van der Waals surface area (Å²) in [6.07, 6.45) is 0.450. The van der Waals surface area contributed by atoms with Crippen molar-refractivity contribution in [1.29, 1.82) is 0 Å². The van der Waals surface area contributed by atoms with E-state index in [2.05, 4.69) is 5.32 Å². The van der Waals surface area contributed by atoms with E-state index in [-0.39, 0.29) is 17.3 Å². The molecule has 1 saturated heterocycles. The average molecular weight is 459 g/mol. The highest BCUT2D eigenvalue weighted by Gasteiger charge is 2.31. The van der Waals surface area contributed by atoms with Crippen molar-refractivity contribution >= 4 is 27.5 Å². The molecule has 3 N–H and O–H groups in total. The van der Waals surface area contributed by atoms with E-state index in [4.69, 9.17) is 10.5 Å². The Morgan fingerprint density at radius 1 is 1.06 bits per heavy atom. The molecule has 32 heavy (non-hydrogen) atoms. The molecule has 2 aliphatic rings. The van der Waals surface area contributed by atoms with Crippen LogP contribution in [0.25, 0.3) is 0 Å². The lowest BCUT2D eigenvalue weighted by molar-refractivity contribution is -0.125. The molecule has 2 aromatic carbocycles. The molecular formula is C22H26N4O5S. The number of nitrogens with two attached hydrogens (primary N) is 1. The Bertz CT molecular complexity index is 1110. The number of nitrogens with one attached hydrogen (secondary N) is 1. The highest BCUT2D eigenvalue weighted by atomic mass is 32.2. The smallest absolute Gasteiger partial charge is 0.243 e.